The number of rotatable bonds is 5. The summed E-state index contributed by atoms with van der Waals surface area (Å²) in [6.07, 6.45) is 6.28. The molecule has 0 atom stereocenters. The topological polar surface area (TPSA) is 61.4 Å². The molecule has 0 bridgehead atoms. The molecule has 1 N–H and O–H groups in total. The van der Waals surface area contributed by atoms with Crippen LogP contribution < -0.4 is 10.2 Å². The van der Waals surface area contributed by atoms with E-state index in [1.54, 1.807) is 0 Å². The van der Waals surface area contributed by atoms with Gasteiger partial charge in [-0.1, -0.05) is 61.7 Å². The molecule has 34 heavy (non-hydrogen) atoms. The van der Waals surface area contributed by atoms with Crippen molar-refractivity contribution in [1.29, 1.82) is 0 Å². The number of benzene rings is 2. The second-order valence-electron chi connectivity index (χ2n) is 9.39. The van der Waals surface area contributed by atoms with Gasteiger partial charge in [0, 0.05) is 49.5 Å². The number of amides is 1. The molecule has 1 saturated carbocycles. The molecule has 5 rings (SSSR count). The molecule has 6 nitrogen and oxygen atoms in total. The fourth-order valence-electron chi connectivity index (χ4n) is 4.97. The molecule has 2 heterocycles. The highest BCUT2D eigenvalue weighted by atomic mass is 16.2. The van der Waals surface area contributed by atoms with E-state index in [1.165, 1.54) is 32.1 Å². The number of nitrogens with one attached hydrogen (secondary N) is 1. The van der Waals surface area contributed by atoms with Gasteiger partial charge in [0.15, 0.2) is 0 Å². The SMILES string of the molecule is Cc1cc(N2CCN(C(=O)c3ccc(-c4ccccc4)cc3)CC2)nc(NC2CCCCC2)n1. The first-order valence-electron chi connectivity index (χ1n) is 12.5. The Balaban J connectivity index is 1.20. The van der Waals surface area contributed by atoms with Gasteiger partial charge in [0.2, 0.25) is 5.95 Å². The molecule has 0 spiro atoms. The lowest BCUT2D eigenvalue weighted by Crippen LogP contribution is -2.49. The minimum absolute atomic E-state index is 0.0952. The van der Waals surface area contributed by atoms with Crippen molar-refractivity contribution in [1.82, 2.24) is 14.9 Å². The molecule has 2 aromatic carbocycles. The number of nitrogens with zero attached hydrogens (tertiary/aromatic N) is 4. The van der Waals surface area contributed by atoms with E-state index in [1.807, 2.05) is 60.4 Å². The predicted molar refractivity (Wildman–Crippen MR) is 137 cm³/mol. The average molecular weight is 456 g/mol. The average Bonchev–Trinajstić information content (AvgIpc) is 2.89. The maximum Gasteiger partial charge on any atom is 0.253 e. The number of anilines is 2. The molecule has 2 fully saturated rings. The lowest BCUT2D eigenvalue weighted by Gasteiger charge is -2.35. The van der Waals surface area contributed by atoms with Crippen LogP contribution in [-0.4, -0.2) is 53.0 Å². The fraction of sp³-hybridized carbons (Fsp3) is 0.393. The van der Waals surface area contributed by atoms with E-state index in [4.69, 9.17) is 4.98 Å². The van der Waals surface area contributed by atoms with Crippen molar-refractivity contribution >= 4 is 17.7 Å². The lowest BCUT2D eigenvalue weighted by atomic mass is 9.96. The molecule has 2 aliphatic rings. The Hall–Kier alpha value is -3.41. The summed E-state index contributed by atoms with van der Waals surface area (Å²) in [5.41, 5.74) is 4.00. The number of piperazine rings is 1. The fourth-order valence-corrected chi connectivity index (χ4v) is 4.97. The monoisotopic (exact) mass is 455 g/mol. The molecule has 1 aromatic heterocycles. The first-order chi connectivity index (χ1) is 16.7. The summed E-state index contributed by atoms with van der Waals surface area (Å²) in [5, 5.41) is 3.55. The van der Waals surface area contributed by atoms with Gasteiger partial charge in [0.25, 0.3) is 5.91 Å². The zero-order chi connectivity index (χ0) is 23.3. The summed E-state index contributed by atoms with van der Waals surface area (Å²) < 4.78 is 0. The maximum absolute atomic E-state index is 13.1. The van der Waals surface area contributed by atoms with Crippen molar-refractivity contribution in [2.75, 3.05) is 36.4 Å². The van der Waals surface area contributed by atoms with Crippen LogP contribution in [0.4, 0.5) is 11.8 Å². The highest BCUT2D eigenvalue weighted by molar-refractivity contribution is 5.95. The Morgan fingerprint density at radius 1 is 0.853 bits per heavy atom. The highest BCUT2D eigenvalue weighted by Crippen LogP contribution is 2.23. The third-order valence-electron chi connectivity index (χ3n) is 6.91. The quantitative estimate of drug-likeness (QED) is 0.576. The molecule has 1 amide bonds. The van der Waals surface area contributed by atoms with Gasteiger partial charge in [-0.25, -0.2) is 4.98 Å². The Labute approximate surface area is 202 Å². The first-order valence-corrected chi connectivity index (χ1v) is 12.5. The molecule has 6 heteroatoms. The highest BCUT2D eigenvalue weighted by Gasteiger charge is 2.24. The van der Waals surface area contributed by atoms with Crippen LogP contribution in [0.5, 0.6) is 0 Å². The van der Waals surface area contributed by atoms with E-state index in [9.17, 15) is 4.79 Å². The van der Waals surface area contributed by atoms with E-state index in [-0.39, 0.29) is 5.91 Å². The molecule has 1 saturated heterocycles. The van der Waals surface area contributed by atoms with Crippen molar-refractivity contribution < 1.29 is 4.79 Å². The number of hydrogen-bond acceptors (Lipinski definition) is 5. The van der Waals surface area contributed by atoms with Crippen LogP contribution in [0.2, 0.25) is 0 Å². The van der Waals surface area contributed by atoms with Gasteiger partial charge in [-0.3, -0.25) is 4.79 Å². The van der Waals surface area contributed by atoms with Gasteiger partial charge in [-0.05, 0) is 43.0 Å². The van der Waals surface area contributed by atoms with Crippen LogP contribution >= 0.6 is 0 Å². The molecule has 0 radical (unpaired) electrons. The van der Waals surface area contributed by atoms with Crippen LogP contribution in [0.25, 0.3) is 11.1 Å². The van der Waals surface area contributed by atoms with E-state index < -0.39 is 0 Å². The number of aryl methyl sites for hydroxylation is 1. The number of carbonyl (C=O) groups is 1. The van der Waals surface area contributed by atoms with Crippen LogP contribution in [0, 0.1) is 6.92 Å². The summed E-state index contributed by atoms with van der Waals surface area (Å²) in [5.74, 6) is 1.78. The standard InChI is InChI=1S/C28H33N5O/c1-21-20-26(31-28(29-21)30-25-10-6-3-7-11-25)32-16-18-33(19-17-32)27(34)24-14-12-23(13-15-24)22-8-4-2-5-9-22/h2,4-5,8-9,12-15,20,25H,3,6-7,10-11,16-19H2,1H3,(H,29,30,31). The van der Waals surface area contributed by atoms with Crippen molar-refractivity contribution in [2.24, 2.45) is 0 Å². The van der Waals surface area contributed by atoms with E-state index >= 15 is 0 Å². The summed E-state index contributed by atoms with van der Waals surface area (Å²) >= 11 is 0. The normalized spacial score (nSPS) is 17.0. The van der Waals surface area contributed by atoms with Gasteiger partial charge >= 0.3 is 0 Å². The van der Waals surface area contributed by atoms with E-state index in [0.29, 0.717) is 19.1 Å². The van der Waals surface area contributed by atoms with Crippen molar-refractivity contribution in [3.8, 4) is 11.1 Å². The Morgan fingerprint density at radius 2 is 1.53 bits per heavy atom. The molecule has 1 aliphatic carbocycles. The first kappa shape index (κ1) is 22.4. The molecule has 3 aromatic rings. The van der Waals surface area contributed by atoms with E-state index in [0.717, 1.165) is 47.2 Å². The van der Waals surface area contributed by atoms with Gasteiger partial charge < -0.3 is 15.1 Å². The molecule has 176 valence electrons. The molecule has 0 unspecified atom stereocenters. The number of hydrogen-bond donors (Lipinski definition) is 1. The van der Waals surface area contributed by atoms with Gasteiger partial charge in [-0.15, -0.1) is 0 Å². The minimum atomic E-state index is 0.0952. The minimum Gasteiger partial charge on any atom is -0.353 e. The third kappa shape index (κ3) is 5.22. The van der Waals surface area contributed by atoms with Crippen LogP contribution in [0.1, 0.15) is 48.2 Å². The van der Waals surface area contributed by atoms with Gasteiger partial charge in [0.1, 0.15) is 5.82 Å². The summed E-state index contributed by atoms with van der Waals surface area (Å²) in [4.78, 5) is 26.7. The van der Waals surface area contributed by atoms with Crippen LogP contribution in [-0.2, 0) is 0 Å². The molecular formula is C28H33N5O. The predicted octanol–water partition coefficient (Wildman–Crippen LogP) is 5.16. The van der Waals surface area contributed by atoms with Crippen molar-refractivity contribution in [2.45, 2.75) is 45.1 Å². The third-order valence-corrected chi connectivity index (χ3v) is 6.91. The zero-order valence-electron chi connectivity index (χ0n) is 19.9. The smallest absolute Gasteiger partial charge is 0.253 e. The Bertz CT molecular complexity index is 1100. The second-order valence-corrected chi connectivity index (χ2v) is 9.39. The van der Waals surface area contributed by atoms with E-state index in [2.05, 4.69) is 27.3 Å². The maximum atomic E-state index is 13.1. The summed E-state index contributed by atoms with van der Waals surface area (Å²) in [6.45, 7) is 4.94. The summed E-state index contributed by atoms with van der Waals surface area (Å²) in [7, 11) is 0. The Kier molecular flexibility index (Phi) is 6.74. The van der Waals surface area contributed by atoms with Crippen LogP contribution in [0.3, 0.4) is 0 Å². The van der Waals surface area contributed by atoms with Crippen molar-refractivity contribution in [3.63, 3.8) is 0 Å². The lowest BCUT2D eigenvalue weighted by molar-refractivity contribution is 0.0746. The summed E-state index contributed by atoms with van der Waals surface area (Å²) in [6, 6.07) is 20.7. The van der Waals surface area contributed by atoms with Crippen LogP contribution in [0.15, 0.2) is 60.7 Å². The van der Waals surface area contributed by atoms with Gasteiger partial charge in [0.05, 0.1) is 0 Å². The Morgan fingerprint density at radius 3 is 2.24 bits per heavy atom. The van der Waals surface area contributed by atoms with Crippen molar-refractivity contribution in [3.05, 3.63) is 71.9 Å². The largest absolute Gasteiger partial charge is 0.353 e. The molecule has 1 aliphatic heterocycles. The molecular weight excluding hydrogens is 422 g/mol. The second kappa shape index (κ2) is 10.2. The zero-order valence-corrected chi connectivity index (χ0v) is 19.9. The van der Waals surface area contributed by atoms with Gasteiger partial charge in [-0.2, -0.15) is 4.98 Å². The number of carbonyl (C=O) groups excluding carboxylic acids is 1. The number of aromatic nitrogens is 2.